The molecule has 7 heteroatoms. The fourth-order valence-corrected chi connectivity index (χ4v) is 1.87. The van der Waals surface area contributed by atoms with Crippen LogP contribution < -0.4 is 5.32 Å². The summed E-state index contributed by atoms with van der Waals surface area (Å²) < 4.78 is 26.5. The predicted octanol–water partition coefficient (Wildman–Crippen LogP) is 2.75. The Morgan fingerprint density at radius 2 is 1.90 bits per heavy atom. The van der Waals surface area contributed by atoms with Crippen molar-refractivity contribution in [1.29, 1.82) is 0 Å². The Balaban J connectivity index is 2.11. The summed E-state index contributed by atoms with van der Waals surface area (Å²) in [4.78, 5) is 0. The Labute approximate surface area is 111 Å². The smallest absolute Gasteiger partial charge is 0.274 e. The normalized spacial score (nSPS) is 10.7. The van der Waals surface area contributed by atoms with Crippen molar-refractivity contribution >= 4 is 22.3 Å². The van der Waals surface area contributed by atoms with Gasteiger partial charge in [0.05, 0.1) is 0 Å². The fraction of sp³-hybridized carbons (Fsp3) is 0. The molecule has 0 atom stereocenters. The van der Waals surface area contributed by atoms with Gasteiger partial charge >= 0.3 is 0 Å². The van der Waals surface area contributed by atoms with Gasteiger partial charge < -0.3 is 10.4 Å². The van der Waals surface area contributed by atoms with Crippen LogP contribution in [0.2, 0.25) is 0 Å². The Kier molecular flexibility index (Phi) is 2.86. The highest BCUT2D eigenvalue weighted by Gasteiger charge is 2.13. The van der Waals surface area contributed by atoms with Gasteiger partial charge in [-0.05, 0) is 28.8 Å². The minimum absolute atomic E-state index is 0.0687. The molecule has 1 heterocycles. The highest BCUT2D eigenvalue weighted by molar-refractivity contribution is 5.96. The van der Waals surface area contributed by atoms with Crippen LogP contribution in [0.3, 0.4) is 0 Å². The van der Waals surface area contributed by atoms with Gasteiger partial charge in [0, 0.05) is 11.1 Å². The molecule has 0 aliphatic carbocycles. The summed E-state index contributed by atoms with van der Waals surface area (Å²) in [5, 5.41) is 23.0. The third-order valence-corrected chi connectivity index (χ3v) is 2.79. The van der Waals surface area contributed by atoms with Gasteiger partial charge in [-0.25, -0.2) is 0 Å². The first-order valence-electron chi connectivity index (χ1n) is 5.68. The summed E-state index contributed by atoms with van der Waals surface area (Å²) in [6.07, 6.45) is 0. The van der Waals surface area contributed by atoms with Crippen molar-refractivity contribution < 1.29 is 13.9 Å². The van der Waals surface area contributed by atoms with E-state index in [-0.39, 0.29) is 11.6 Å². The van der Waals surface area contributed by atoms with Crippen molar-refractivity contribution in [2.24, 2.45) is 0 Å². The summed E-state index contributed by atoms with van der Waals surface area (Å²) in [6, 6.07) is 9.99. The average molecular weight is 274 g/mol. The molecule has 0 radical (unpaired) electrons. The summed E-state index contributed by atoms with van der Waals surface area (Å²) in [6.45, 7) is 0. The zero-order chi connectivity index (χ0) is 14.1. The quantitative estimate of drug-likeness (QED) is 0.751. The molecule has 0 unspecified atom stereocenters. The minimum Gasteiger partial charge on any atom is -0.508 e. The highest BCUT2D eigenvalue weighted by Crippen LogP contribution is 2.29. The monoisotopic (exact) mass is 274 g/mol. The molecule has 0 spiro atoms. The van der Waals surface area contributed by atoms with E-state index in [9.17, 15) is 13.9 Å². The third-order valence-electron chi connectivity index (χ3n) is 2.79. The van der Waals surface area contributed by atoms with Crippen molar-refractivity contribution in [3.05, 3.63) is 48.2 Å². The van der Waals surface area contributed by atoms with E-state index in [4.69, 9.17) is 0 Å². The first-order valence-corrected chi connectivity index (χ1v) is 5.68. The lowest BCUT2D eigenvalue weighted by molar-refractivity contribution is 0.456. The number of aromatic nitrogens is 3. The van der Waals surface area contributed by atoms with Crippen molar-refractivity contribution in [3.63, 3.8) is 0 Å². The summed E-state index contributed by atoms with van der Waals surface area (Å²) in [7, 11) is 0. The van der Waals surface area contributed by atoms with Gasteiger partial charge in [0.25, 0.3) is 5.95 Å². The molecule has 20 heavy (non-hydrogen) atoms. The van der Waals surface area contributed by atoms with Crippen LogP contribution in [0.4, 0.5) is 20.3 Å². The second kappa shape index (κ2) is 4.69. The van der Waals surface area contributed by atoms with Gasteiger partial charge in [-0.15, -0.1) is 5.10 Å². The first kappa shape index (κ1) is 12.2. The van der Waals surface area contributed by atoms with Crippen LogP contribution in [0, 0.1) is 11.8 Å². The molecule has 0 aliphatic rings. The van der Waals surface area contributed by atoms with Crippen molar-refractivity contribution in [1.82, 2.24) is 15.4 Å². The zero-order valence-electron chi connectivity index (χ0n) is 10.0. The molecule has 0 bridgehead atoms. The molecule has 0 saturated heterocycles. The summed E-state index contributed by atoms with van der Waals surface area (Å²) in [5.41, 5.74) is 0.470. The molecule has 0 fully saturated rings. The molecule has 2 aromatic carbocycles. The molecule has 0 saturated carbocycles. The number of nitrogens with one attached hydrogen (secondary N) is 1. The van der Waals surface area contributed by atoms with Gasteiger partial charge in [-0.1, -0.05) is 23.3 Å². The van der Waals surface area contributed by atoms with E-state index in [1.165, 1.54) is 6.07 Å². The number of anilines is 2. The standard InChI is InChI=1S/C13H8F2N4O/c14-11-12(15)17-19-18-13(11)16-10-3-1-2-7-4-5-8(20)6-9(7)10/h1-6,20H,(H,16,17,18). The van der Waals surface area contributed by atoms with Crippen molar-refractivity contribution in [3.8, 4) is 5.75 Å². The second-order valence-corrected chi connectivity index (χ2v) is 4.08. The van der Waals surface area contributed by atoms with E-state index < -0.39 is 11.8 Å². The molecule has 3 aromatic rings. The van der Waals surface area contributed by atoms with Crippen LogP contribution in [-0.4, -0.2) is 20.5 Å². The van der Waals surface area contributed by atoms with Gasteiger partial charge in [0.1, 0.15) is 5.75 Å². The first-order chi connectivity index (χ1) is 9.65. The van der Waals surface area contributed by atoms with Gasteiger partial charge in [0.15, 0.2) is 5.82 Å². The minimum atomic E-state index is -1.33. The largest absolute Gasteiger partial charge is 0.508 e. The maximum Gasteiger partial charge on any atom is 0.274 e. The second-order valence-electron chi connectivity index (χ2n) is 4.08. The van der Waals surface area contributed by atoms with E-state index >= 15 is 0 Å². The number of nitrogens with zero attached hydrogens (tertiary/aromatic N) is 3. The Morgan fingerprint density at radius 1 is 1.05 bits per heavy atom. The average Bonchev–Trinajstić information content (AvgIpc) is 2.44. The zero-order valence-corrected chi connectivity index (χ0v) is 10.0. The van der Waals surface area contributed by atoms with E-state index in [0.717, 1.165) is 5.39 Å². The van der Waals surface area contributed by atoms with Crippen LogP contribution in [0.5, 0.6) is 5.75 Å². The molecule has 1 aromatic heterocycles. The molecule has 0 aliphatic heterocycles. The number of hydrogen-bond acceptors (Lipinski definition) is 5. The van der Waals surface area contributed by atoms with Crippen LogP contribution >= 0.6 is 0 Å². The lowest BCUT2D eigenvalue weighted by Crippen LogP contribution is -2.04. The molecule has 5 nitrogen and oxygen atoms in total. The lowest BCUT2D eigenvalue weighted by atomic mass is 10.1. The topological polar surface area (TPSA) is 70.9 Å². The maximum atomic E-state index is 13.5. The molecular formula is C13H8F2N4O. The van der Waals surface area contributed by atoms with E-state index in [1.807, 2.05) is 6.07 Å². The number of hydrogen-bond donors (Lipinski definition) is 2. The SMILES string of the molecule is Oc1ccc2cccc(Nc3nnnc(F)c3F)c2c1. The number of halogens is 2. The number of rotatable bonds is 2. The number of phenols is 1. The van der Waals surface area contributed by atoms with Crippen molar-refractivity contribution in [2.75, 3.05) is 5.32 Å². The number of aromatic hydroxyl groups is 1. The molecule has 2 N–H and O–H groups in total. The van der Waals surface area contributed by atoms with Crippen LogP contribution in [0.1, 0.15) is 0 Å². The number of fused-ring (bicyclic) bond motifs is 1. The van der Waals surface area contributed by atoms with Gasteiger partial charge in [-0.3, -0.25) is 0 Å². The predicted molar refractivity (Wildman–Crippen MR) is 68.6 cm³/mol. The van der Waals surface area contributed by atoms with Gasteiger partial charge in [0.2, 0.25) is 5.82 Å². The molecule has 100 valence electrons. The Bertz CT molecular complexity index is 794. The lowest BCUT2D eigenvalue weighted by Gasteiger charge is -2.09. The van der Waals surface area contributed by atoms with Crippen LogP contribution in [-0.2, 0) is 0 Å². The molecule has 0 amide bonds. The third kappa shape index (κ3) is 2.09. The highest BCUT2D eigenvalue weighted by atomic mass is 19.2. The van der Waals surface area contributed by atoms with E-state index in [1.54, 1.807) is 24.3 Å². The summed E-state index contributed by atoms with van der Waals surface area (Å²) >= 11 is 0. The Hall–Kier alpha value is -2.83. The van der Waals surface area contributed by atoms with Crippen LogP contribution in [0.15, 0.2) is 36.4 Å². The summed E-state index contributed by atoms with van der Waals surface area (Å²) in [5.74, 6) is -2.84. The fourth-order valence-electron chi connectivity index (χ4n) is 1.87. The van der Waals surface area contributed by atoms with Gasteiger partial charge in [-0.2, -0.15) is 8.78 Å². The van der Waals surface area contributed by atoms with Crippen molar-refractivity contribution in [2.45, 2.75) is 0 Å². The van der Waals surface area contributed by atoms with E-state index in [0.29, 0.717) is 11.1 Å². The van der Waals surface area contributed by atoms with Crippen LogP contribution in [0.25, 0.3) is 10.8 Å². The number of phenolic OH excluding ortho intramolecular Hbond substituents is 1. The molecular weight excluding hydrogens is 266 g/mol. The molecule has 3 rings (SSSR count). The maximum absolute atomic E-state index is 13.5. The van der Waals surface area contributed by atoms with E-state index in [2.05, 4.69) is 20.7 Å². The number of benzene rings is 2. The Morgan fingerprint density at radius 3 is 2.75 bits per heavy atom.